The fourth-order valence-electron chi connectivity index (χ4n) is 2.45. The Kier molecular flexibility index (Phi) is 3.44. The maximum Gasteiger partial charge on any atom is 0.327 e. The third kappa shape index (κ3) is 2.40. The molecule has 1 aromatic heterocycles. The molecule has 0 aliphatic rings. The molecule has 0 aliphatic carbocycles. The summed E-state index contributed by atoms with van der Waals surface area (Å²) < 4.78 is 4.79. The highest BCUT2D eigenvalue weighted by Crippen LogP contribution is 2.31. The lowest BCUT2D eigenvalue weighted by Crippen LogP contribution is -2.27. The summed E-state index contributed by atoms with van der Waals surface area (Å²) in [6.07, 6.45) is 0. The maximum absolute atomic E-state index is 11.7. The van der Waals surface area contributed by atoms with E-state index in [0.717, 1.165) is 27.5 Å². The average Bonchev–Trinajstić information content (AvgIpc) is 2.53. The largest absolute Gasteiger partial charge is 0.467 e. The first-order chi connectivity index (χ1) is 10.2. The van der Waals surface area contributed by atoms with Crippen LogP contribution in [0.2, 0.25) is 0 Å². The number of esters is 1. The van der Waals surface area contributed by atoms with E-state index in [0.29, 0.717) is 0 Å². The Labute approximate surface area is 122 Å². The van der Waals surface area contributed by atoms with Crippen LogP contribution in [0.4, 0.5) is 5.69 Å². The first kappa shape index (κ1) is 13.4. The van der Waals surface area contributed by atoms with E-state index in [-0.39, 0.29) is 5.97 Å². The summed E-state index contributed by atoms with van der Waals surface area (Å²) in [5.74, 6) is -0.292. The minimum atomic E-state index is -0.427. The number of carbonyl (C=O) groups excluding carboxylic acids is 1. The first-order valence-corrected chi connectivity index (χ1v) is 6.82. The Balaban J connectivity index is 2.22. The molecule has 3 rings (SSSR count). The number of benzene rings is 2. The van der Waals surface area contributed by atoms with Crippen molar-refractivity contribution in [1.82, 2.24) is 4.98 Å². The lowest BCUT2D eigenvalue weighted by Gasteiger charge is -2.17. The first-order valence-electron chi connectivity index (χ1n) is 6.82. The Bertz CT molecular complexity index is 760. The van der Waals surface area contributed by atoms with E-state index in [1.807, 2.05) is 48.5 Å². The number of rotatable bonds is 3. The number of ether oxygens (including phenoxy) is 1. The topological polar surface area (TPSA) is 51.2 Å². The van der Waals surface area contributed by atoms with E-state index in [4.69, 9.17) is 4.74 Å². The normalized spacial score (nSPS) is 12.3. The quantitative estimate of drug-likeness (QED) is 0.590. The summed E-state index contributed by atoms with van der Waals surface area (Å²) in [6, 6.07) is 15.4. The molecule has 21 heavy (non-hydrogen) atoms. The van der Waals surface area contributed by atoms with Gasteiger partial charge in [-0.3, -0.25) is 0 Å². The standard InChI is InChI=1S/C17H16N2O2/c1-11(17(20)21-2)18-16-12-7-3-5-9-14(12)19-15-10-6-4-8-13(15)16/h3-11H,1-2H3,(H,18,19). The molecule has 3 aromatic rings. The second-order valence-electron chi connectivity index (χ2n) is 4.91. The van der Waals surface area contributed by atoms with Crippen LogP contribution in [0.15, 0.2) is 48.5 Å². The van der Waals surface area contributed by atoms with E-state index >= 15 is 0 Å². The van der Waals surface area contributed by atoms with Crippen LogP contribution in [-0.4, -0.2) is 24.1 Å². The smallest absolute Gasteiger partial charge is 0.327 e. The van der Waals surface area contributed by atoms with Gasteiger partial charge in [-0.1, -0.05) is 36.4 Å². The number of nitrogens with zero attached hydrogens (tertiary/aromatic N) is 1. The monoisotopic (exact) mass is 280 g/mol. The SMILES string of the molecule is COC(=O)C(C)Nc1c2ccccc2nc2ccccc12. The molecule has 1 heterocycles. The number of anilines is 1. The summed E-state index contributed by atoms with van der Waals surface area (Å²) in [5.41, 5.74) is 2.71. The van der Waals surface area contributed by atoms with E-state index < -0.39 is 6.04 Å². The van der Waals surface area contributed by atoms with Gasteiger partial charge < -0.3 is 10.1 Å². The van der Waals surface area contributed by atoms with Crippen LogP contribution >= 0.6 is 0 Å². The van der Waals surface area contributed by atoms with Gasteiger partial charge in [0.2, 0.25) is 0 Å². The predicted octanol–water partition coefficient (Wildman–Crippen LogP) is 3.36. The van der Waals surface area contributed by atoms with Crippen molar-refractivity contribution in [2.24, 2.45) is 0 Å². The molecule has 106 valence electrons. The van der Waals surface area contributed by atoms with E-state index in [1.54, 1.807) is 6.92 Å². The van der Waals surface area contributed by atoms with Gasteiger partial charge in [-0.15, -0.1) is 0 Å². The van der Waals surface area contributed by atoms with Gasteiger partial charge in [0.25, 0.3) is 0 Å². The molecule has 0 spiro atoms. The molecular weight excluding hydrogens is 264 g/mol. The highest BCUT2D eigenvalue weighted by Gasteiger charge is 2.16. The number of aromatic nitrogens is 1. The van der Waals surface area contributed by atoms with Crippen LogP contribution in [-0.2, 0) is 9.53 Å². The average molecular weight is 280 g/mol. The molecule has 2 aromatic carbocycles. The van der Waals surface area contributed by atoms with Crippen molar-refractivity contribution >= 4 is 33.5 Å². The van der Waals surface area contributed by atoms with Crippen LogP contribution < -0.4 is 5.32 Å². The maximum atomic E-state index is 11.7. The van der Waals surface area contributed by atoms with Crippen LogP contribution in [0.1, 0.15) is 6.92 Å². The zero-order valence-corrected chi connectivity index (χ0v) is 12.0. The molecule has 0 radical (unpaired) electrons. The van der Waals surface area contributed by atoms with Crippen molar-refractivity contribution in [3.63, 3.8) is 0 Å². The Morgan fingerprint density at radius 2 is 1.57 bits per heavy atom. The molecule has 0 saturated heterocycles. The number of hydrogen-bond donors (Lipinski definition) is 1. The third-order valence-electron chi connectivity index (χ3n) is 3.50. The zero-order chi connectivity index (χ0) is 14.8. The summed E-state index contributed by atoms with van der Waals surface area (Å²) in [4.78, 5) is 16.3. The highest BCUT2D eigenvalue weighted by molar-refractivity contribution is 6.08. The van der Waals surface area contributed by atoms with Gasteiger partial charge in [-0.25, -0.2) is 9.78 Å². The van der Waals surface area contributed by atoms with Crippen molar-refractivity contribution in [3.8, 4) is 0 Å². The summed E-state index contributed by atoms with van der Waals surface area (Å²) in [5, 5.41) is 5.25. The summed E-state index contributed by atoms with van der Waals surface area (Å²) in [7, 11) is 1.39. The van der Waals surface area contributed by atoms with Crippen LogP contribution in [0.5, 0.6) is 0 Å². The van der Waals surface area contributed by atoms with Crippen LogP contribution in [0, 0.1) is 0 Å². The Morgan fingerprint density at radius 1 is 1.05 bits per heavy atom. The van der Waals surface area contributed by atoms with E-state index in [9.17, 15) is 4.79 Å². The molecule has 1 atom stereocenters. The number of nitrogens with one attached hydrogen (secondary N) is 1. The van der Waals surface area contributed by atoms with Gasteiger partial charge in [0, 0.05) is 10.8 Å². The Hall–Kier alpha value is -2.62. The summed E-state index contributed by atoms with van der Waals surface area (Å²) in [6.45, 7) is 1.79. The van der Waals surface area contributed by atoms with Crippen molar-refractivity contribution in [2.45, 2.75) is 13.0 Å². The van der Waals surface area contributed by atoms with Crippen molar-refractivity contribution in [1.29, 1.82) is 0 Å². The molecule has 1 unspecified atom stereocenters. The van der Waals surface area contributed by atoms with Gasteiger partial charge in [0.15, 0.2) is 0 Å². The molecule has 0 fully saturated rings. The van der Waals surface area contributed by atoms with Gasteiger partial charge in [0.1, 0.15) is 6.04 Å². The number of fused-ring (bicyclic) bond motifs is 2. The fraction of sp³-hybridized carbons (Fsp3) is 0.176. The van der Waals surface area contributed by atoms with Gasteiger partial charge in [-0.05, 0) is 19.1 Å². The van der Waals surface area contributed by atoms with E-state index in [1.165, 1.54) is 7.11 Å². The molecule has 0 bridgehead atoms. The number of hydrogen-bond acceptors (Lipinski definition) is 4. The number of para-hydroxylation sites is 2. The van der Waals surface area contributed by atoms with E-state index in [2.05, 4.69) is 10.3 Å². The molecule has 0 amide bonds. The van der Waals surface area contributed by atoms with Crippen molar-refractivity contribution < 1.29 is 9.53 Å². The second-order valence-corrected chi connectivity index (χ2v) is 4.91. The van der Waals surface area contributed by atoms with Gasteiger partial charge >= 0.3 is 5.97 Å². The molecule has 0 saturated carbocycles. The lowest BCUT2D eigenvalue weighted by molar-refractivity contribution is -0.141. The summed E-state index contributed by atoms with van der Waals surface area (Å²) >= 11 is 0. The molecular formula is C17H16N2O2. The van der Waals surface area contributed by atoms with Crippen LogP contribution in [0.3, 0.4) is 0 Å². The van der Waals surface area contributed by atoms with Crippen molar-refractivity contribution in [3.05, 3.63) is 48.5 Å². The van der Waals surface area contributed by atoms with Crippen LogP contribution in [0.25, 0.3) is 21.8 Å². The molecule has 4 nitrogen and oxygen atoms in total. The molecule has 0 aliphatic heterocycles. The highest BCUT2D eigenvalue weighted by atomic mass is 16.5. The number of pyridine rings is 1. The van der Waals surface area contributed by atoms with Gasteiger partial charge in [0.05, 0.1) is 23.8 Å². The third-order valence-corrected chi connectivity index (χ3v) is 3.50. The van der Waals surface area contributed by atoms with Gasteiger partial charge in [-0.2, -0.15) is 0 Å². The Morgan fingerprint density at radius 3 is 2.10 bits per heavy atom. The zero-order valence-electron chi connectivity index (χ0n) is 12.0. The predicted molar refractivity (Wildman–Crippen MR) is 84.3 cm³/mol. The number of carbonyl (C=O) groups is 1. The lowest BCUT2D eigenvalue weighted by atomic mass is 10.1. The minimum Gasteiger partial charge on any atom is -0.467 e. The molecule has 1 N–H and O–H groups in total. The van der Waals surface area contributed by atoms with Crippen molar-refractivity contribution in [2.75, 3.05) is 12.4 Å². The number of methoxy groups -OCH3 is 1. The molecule has 4 heteroatoms. The fourth-order valence-corrected chi connectivity index (χ4v) is 2.45. The minimum absolute atomic E-state index is 0.292. The second kappa shape index (κ2) is 5.40.